The molecular weight excluding hydrogens is 564 g/mol. The Balaban J connectivity index is 1.57. The number of nitrogens with zero attached hydrogens (tertiary/aromatic N) is 2. The Morgan fingerprint density at radius 3 is 2.54 bits per heavy atom. The molecule has 1 aliphatic carbocycles. The average Bonchev–Trinajstić information content (AvgIpc) is 3.29. The maximum atomic E-state index is 14.0. The van der Waals surface area contributed by atoms with E-state index in [0.717, 1.165) is 23.8 Å². The van der Waals surface area contributed by atoms with Crippen molar-refractivity contribution in [1.29, 1.82) is 0 Å². The Hall–Kier alpha value is -2.74. The van der Waals surface area contributed by atoms with Crippen LogP contribution in [-0.4, -0.2) is 74.0 Å². The van der Waals surface area contributed by atoms with Crippen LogP contribution >= 0.6 is 22.9 Å². The van der Waals surface area contributed by atoms with Gasteiger partial charge in [-0.3, -0.25) is 19.3 Å². The van der Waals surface area contributed by atoms with E-state index in [9.17, 15) is 31.9 Å². The fourth-order valence-corrected chi connectivity index (χ4v) is 5.46. The molecule has 1 saturated carbocycles. The smallest absolute Gasteiger partial charge is 0.265 e. The number of halogens is 5. The number of alkyl halides is 4. The first-order valence-corrected chi connectivity index (χ1v) is 13.5. The molecule has 2 aromatic rings. The SMILES string of the molecule is O=C(NC[C@@H](C(=O)Nc1ccc(N2CCOCC2=O)cc1C(F)F)N(CC(F)F)C1CCC1)c1ccc(Cl)s1. The number of amides is 3. The lowest BCUT2D eigenvalue weighted by Crippen LogP contribution is -2.57. The largest absolute Gasteiger partial charge is 0.370 e. The summed E-state index contributed by atoms with van der Waals surface area (Å²) in [6, 6.07) is 5.25. The molecule has 0 unspecified atom stereocenters. The van der Waals surface area contributed by atoms with E-state index in [1.807, 2.05) is 0 Å². The quantitative estimate of drug-likeness (QED) is 0.375. The first-order chi connectivity index (χ1) is 18.6. The lowest BCUT2D eigenvalue weighted by atomic mass is 9.90. The van der Waals surface area contributed by atoms with Crippen LogP contribution in [-0.2, 0) is 14.3 Å². The van der Waals surface area contributed by atoms with Gasteiger partial charge in [-0.2, -0.15) is 0 Å². The van der Waals surface area contributed by atoms with Crippen molar-refractivity contribution in [2.75, 3.05) is 43.1 Å². The number of benzene rings is 1. The molecule has 1 atom stereocenters. The van der Waals surface area contributed by atoms with Crippen molar-refractivity contribution in [3.63, 3.8) is 0 Å². The summed E-state index contributed by atoms with van der Waals surface area (Å²) in [5.74, 6) is -1.74. The van der Waals surface area contributed by atoms with Crippen molar-refractivity contribution < 1.29 is 36.7 Å². The average molecular weight is 591 g/mol. The molecule has 1 aliphatic heterocycles. The molecule has 8 nitrogen and oxygen atoms in total. The van der Waals surface area contributed by atoms with E-state index in [4.69, 9.17) is 16.3 Å². The zero-order valence-electron chi connectivity index (χ0n) is 20.7. The highest BCUT2D eigenvalue weighted by molar-refractivity contribution is 7.18. The monoisotopic (exact) mass is 590 g/mol. The van der Waals surface area contributed by atoms with E-state index < -0.39 is 42.8 Å². The molecule has 1 saturated heterocycles. The highest BCUT2D eigenvalue weighted by Gasteiger charge is 2.37. The first-order valence-electron chi connectivity index (χ1n) is 12.3. The van der Waals surface area contributed by atoms with E-state index >= 15 is 0 Å². The summed E-state index contributed by atoms with van der Waals surface area (Å²) >= 11 is 6.90. The maximum absolute atomic E-state index is 14.0. The zero-order chi connectivity index (χ0) is 28.1. The minimum absolute atomic E-state index is 0.172. The van der Waals surface area contributed by atoms with Crippen molar-refractivity contribution in [1.82, 2.24) is 10.2 Å². The second-order valence-corrected chi connectivity index (χ2v) is 10.9. The molecule has 2 fully saturated rings. The predicted molar refractivity (Wildman–Crippen MR) is 139 cm³/mol. The molecule has 1 aromatic carbocycles. The second-order valence-electron chi connectivity index (χ2n) is 9.16. The highest BCUT2D eigenvalue weighted by Crippen LogP contribution is 2.33. The molecule has 14 heteroatoms. The van der Waals surface area contributed by atoms with Crippen LogP contribution in [0.15, 0.2) is 30.3 Å². The number of morpholine rings is 1. The molecule has 0 bridgehead atoms. The third kappa shape index (κ3) is 7.27. The summed E-state index contributed by atoms with van der Waals surface area (Å²) in [4.78, 5) is 41.1. The summed E-state index contributed by atoms with van der Waals surface area (Å²) < 4.78 is 60.6. The normalized spacial score (nSPS) is 17.0. The van der Waals surface area contributed by atoms with Gasteiger partial charge in [0.25, 0.3) is 24.7 Å². The van der Waals surface area contributed by atoms with E-state index in [1.54, 1.807) is 0 Å². The van der Waals surface area contributed by atoms with Gasteiger partial charge in [-0.1, -0.05) is 18.0 Å². The van der Waals surface area contributed by atoms with Crippen molar-refractivity contribution in [3.05, 3.63) is 45.1 Å². The van der Waals surface area contributed by atoms with Crippen LogP contribution in [0.5, 0.6) is 0 Å². The topological polar surface area (TPSA) is 91.0 Å². The third-order valence-electron chi connectivity index (χ3n) is 6.67. The van der Waals surface area contributed by atoms with Crippen LogP contribution in [0.4, 0.5) is 28.9 Å². The van der Waals surface area contributed by atoms with Crippen LogP contribution in [0.25, 0.3) is 0 Å². The number of carbonyl (C=O) groups is 3. The minimum Gasteiger partial charge on any atom is -0.370 e. The number of ether oxygens (including phenoxy) is 1. The molecule has 39 heavy (non-hydrogen) atoms. The van der Waals surface area contributed by atoms with Gasteiger partial charge in [0.15, 0.2) is 0 Å². The maximum Gasteiger partial charge on any atom is 0.265 e. The zero-order valence-corrected chi connectivity index (χ0v) is 22.3. The van der Waals surface area contributed by atoms with Crippen LogP contribution in [0.1, 0.15) is 40.9 Å². The van der Waals surface area contributed by atoms with Gasteiger partial charge < -0.3 is 20.3 Å². The second kappa shape index (κ2) is 13.1. The molecule has 0 radical (unpaired) electrons. The van der Waals surface area contributed by atoms with Crippen LogP contribution in [0, 0.1) is 0 Å². The van der Waals surface area contributed by atoms with Gasteiger partial charge in [0.05, 0.1) is 22.4 Å². The Kier molecular flexibility index (Phi) is 9.81. The van der Waals surface area contributed by atoms with Gasteiger partial charge in [0, 0.05) is 36.1 Å². The van der Waals surface area contributed by atoms with E-state index in [2.05, 4.69) is 10.6 Å². The predicted octanol–water partition coefficient (Wildman–Crippen LogP) is 4.56. The summed E-state index contributed by atoms with van der Waals surface area (Å²) in [7, 11) is 0. The molecule has 2 N–H and O–H groups in total. The summed E-state index contributed by atoms with van der Waals surface area (Å²) in [5.41, 5.74) is -0.518. The Bertz CT molecular complexity index is 1200. The Morgan fingerprint density at radius 1 is 1.18 bits per heavy atom. The third-order valence-corrected chi connectivity index (χ3v) is 7.90. The van der Waals surface area contributed by atoms with Gasteiger partial charge in [0.1, 0.15) is 12.6 Å². The summed E-state index contributed by atoms with van der Waals surface area (Å²) in [6.07, 6.45) is -3.77. The standard InChI is InChI=1S/C25H27ClF4N4O4S/c26-20-7-6-19(39-20)25(37)31-11-18(34(12-21(27)28)14-2-1-3-14)24(36)32-17-5-4-15(10-16(17)23(29)30)33-8-9-38-13-22(33)35/h4-7,10,14,18,21,23H,1-3,8-9,11-13H2,(H,31,37)(H,32,36)/t18-/m0/s1. The van der Waals surface area contributed by atoms with Gasteiger partial charge in [-0.25, -0.2) is 17.6 Å². The molecule has 2 aliphatic rings. The van der Waals surface area contributed by atoms with Gasteiger partial charge >= 0.3 is 0 Å². The lowest BCUT2D eigenvalue weighted by molar-refractivity contribution is -0.126. The van der Waals surface area contributed by atoms with E-state index in [-0.39, 0.29) is 54.5 Å². The summed E-state index contributed by atoms with van der Waals surface area (Å²) in [5, 5.41) is 5.05. The van der Waals surface area contributed by atoms with Gasteiger partial charge in [0.2, 0.25) is 5.91 Å². The summed E-state index contributed by atoms with van der Waals surface area (Å²) in [6.45, 7) is -0.777. The number of rotatable bonds is 11. The fourth-order valence-electron chi connectivity index (χ4n) is 4.50. The number of anilines is 2. The Morgan fingerprint density at radius 2 is 1.95 bits per heavy atom. The lowest BCUT2D eigenvalue weighted by Gasteiger charge is -2.41. The number of thiophene rings is 1. The number of hydrogen-bond acceptors (Lipinski definition) is 6. The van der Waals surface area contributed by atoms with Gasteiger partial charge in [-0.15, -0.1) is 11.3 Å². The van der Waals surface area contributed by atoms with Gasteiger partial charge in [-0.05, 0) is 43.2 Å². The molecule has 4 rings (SSSR count). The molecule has 0 spiro atoms. The number of nitrogens with one attached hydrogen (secondary N) is 2. The molecule has 1 aromatic heterocycles. The first kappa shape index (κ1) is 29.2. The van der Waals surface area contributed by atoms with Crippen LogP contribution in [0.3, 0.4) is 0 Å². The van der Waals surface area contributed by atoms with Crippen molar-refractivity contribution >= 4 is 52.0 Å². The fraction of sp³-hybridized carbons (Fsp3) is 0.480. The minimum atomic E-state index is -3.00. The van der Waals surface area contributed by atoms with Crippen molar-refractivity contribution in [2.24, 2.45) is 0 Å². The molecule has 3 amide bonds. The van der Waals surface area contributed by atoms with Crippen LogP contribution < -0.4 is 15.5 Å². The van der Waals surface area contributed by atoms with Crippen molar-refractivity contribution in [3.8, 4) is 0 Å². The van der Waals surface area contributed by atoms with Crippen LogP contribution in [0.2, 0.25) is 4.34 Å². The van der Waals surface area contributed by atoms with Crippen molar-refractivity contribution in [2.45, 2.75) is 44.2 Å². The molecule has 2 heterocycles. The molecule has 212 valence electrons. The number of hydrogen-bond donors (Lipinski definition) is 2. The number of carbonyl (C=O) groups excluding carboxylic acids is 3. The highest BCUT2D eigenvalue weighted by atomic mass is 35.5. The van der Waals surface area contributed by atoms with E-state index in [1.165, 1.54) is 34.1 Å². The molecular formula is C25H27ClF4N4O4S. The Labute approximate surface area is 231 Å². The van der Waals surface area contributed by atoms with E-state index in [0.29, 0.717) is 17.2 Å².